The highest BCUT2D eigenvalue weighted by atomic mass is 32.2. The van der Waals surface area contributed by atoms with Crippen LogP contribution < -0.4 is 11.1 Å². The molecule has 3 aromatic rings. The highest BCUT2D eigenvalue weighted by Gasteiger charge is 2.37. The van der Waals surface area contributed by atoms with E-state index in [-0.39, 0.29) is 48.5 Å². The highest BCUT2D eigenvalue weighted by molar-refractivity contribution is 7.89. The fourth-order valence-electron chi connectivity index (χ4n) is 5.01. The Balaban J connectivity index is 1.37. The van der Waals surface area contributed by atoms with Crippen molar-refractivity contribution in [2.45, 2.75) is 43.7 Å². The van der Waals surface area contributed by atoms with Crippen molar-refractivity contribution in [1.82, 2.24) is 19.5 Å². The number of sulfonamides is 1. The van der Waals surface area contributed by atoms with E-state index in [0.717, 1.165) is 5.56 Å². The van der Waals surface area contributed by atoms with Gasteiger partial charge in [-0.15, -0.1) is 0 Å². The van der Waals surface area contributed by atoms with Gasteiger partial charge in [-0.05, 0) is 30.0 Å². The Morgan fingerprint density at radius 1 is 1.21 bits per heavy atom. The number of nitrogens with zero attached hydrogens (tertiary/aromatic N) is 3. The molecule has 14 heteroatoms. The molecule has 1 saturated heterocycles. The number of aromatic nitrogens is 1. The first-order valence-corrected chi connectivity index (χ1v) is 15.0. The summed E-state index contributed by atoms with van der Waals surface area (Å²) in [4.78, 5) is 30.2. The summed E-state index contributed by atoms with van der Waals surface area (Å²) in [5, 5.41) is 14.1. The molecule has 2 aliphatic rings. The van der Waals surface area contributed by atoms with E-state index in [2.05, 4.69) is 10.3 Å². The number of nitrogens with two attached hydrogens (primary N) is 1. The van der Waals surface area contributed by atoms with Crippen LogP contribution in [0.25, 0.3) is 11.1 Å². The second kappa shape index (κ2) is 12.0. The number of nitrogens with one attached hydrogen (secondary N) is 1. The van der Waals surface area contributed by atoms with Crippen molar-refractivity contribution in [1.29, 1.82) is 0 Å². The van der Waals surface area contributed by atoms with Crippen LogP contribution in [0.4, 0.5) is 15.6 Å². The minimum absolute atomic E-state index is 0.0198. The maximum Gasteiger partial charge on any atom is 0.414 e. The van der Waals surface area contributed by atoms with E-state index in [1.165, 1.54) is 27.4 Å². The van der Waals surface area contributed by atoms with Gasteiger partial charge in [-0.2, -0.15) is 9.29 Å². The number of hydrogen-bond acceptors (Lipinski definition) is 10. The Bertz CT molecular complexity index is 1600. The summed E-state index contributed by atoms with van der Waals surface area (Å²) in [6.07, 6.45) is -2.07. The summed E-state index contributed by atoms with van der Waals surface area (Å²) in [5.74, 6) is 0.246. The lowest BCUT2D eigenvalue weighted by Crippen LogP contribution is -2.51. The van der Waals surface area contributed by atoms with Crippen molar-refractivity contribution in [3.8, 4) is 0 Å². The number of cyclic esters (lactones) is 1. The SMILES string of the molecule is CC(C)CN(CC(O)C(Cc1ccccc1)NC(=O)OC1=C2COC(=O)N2CC1)S(=O)(=O)c1ccc2nc(N)oc2c1. The first kappa shape index (κ1) is 29.4. The zero-order valence-electron chi connectivity index (χ0n) is 23.2. The molecule has 2 atom stereocenters. The van der Waals surface area contributed by atoms with Crippen LogP contribution in [0.3, 0.4) is 0 Å². The Labute approximate surface area is 242 Å². The second-order valence-electron chi connectivity index (χ2n) is 10.6. The average molecular weight is 600 g/mol. The van der Waals surface area contributed by atoms with Gasteiger partial charge in [-0.3, -0.25) is 4.90 Å². The number of nitrogen functional groups attached to an aromatic ring is 1. The number of carbonyl (C=O) groups is 2. The van der Waals surface area contributed by atoms with E-state index in [4.69, 9.17) is 19.6 Å². The molecule has 13 nitrogen and oxygen atoms in total. The Kier molecular flexibility index (Phi) is 8.38. The summed E-state index contributed by atoms with van der Waals surface area (Å²) in [6, 6.07) is 12.5. The Morgan fingerprint density at radius 3 is 2.71 bits per heavy atom. The number of benzene rings is 2. The van der Waals surface area contributed by atoms with Gasteiger partial charge < -0.3 is 30.0 Å². The topological polar surface area (TPSA) is 178 Å². The third-order valence-corrected chi connectivity index (χ3v) is 8.85. The molecular weight excluding hydrogens is 566 g/mol. The van der Waals surface area contributed by atoms with Gasteiger partial charge in [0.25, 0.3) is 6.01 Å². The number of alkyl carbamates (subject to hydrolysis) is 1. The van der Waals surface area contributed by atoms with E-state index in [9.17, 15) is 23.1 Å². The summed E-state index contributed by atoms with van der Waals surface area (Å²) < 4.78 is 44.6. The van der Waals surface area contributed by atoms with E-state index in [1.807, 2.05) is 44.2 Å². The number of fused-ring (bicyclic) bond motifs is 2. The van der Waals surface area contributed by atoms with Gasteiger partial charge >= 0.3 is 12.2 Å². The van der Waals surface area contributed by atoms with Crippen LogP contribution >= 0.6 is 0 Å². The standard InChI is InChI=1S/C28H33N5O8S/c1-17(2)14-32(42(37,38)19-8-9-20-25(13-19)40-26(29)30-20)15-23(34)21(12-18-6-4-3-5-7-18)31-27(35)41-24-10-11-33-22(24)16-39-28(33)36/h3-9,13,17,21,23,34H,10-12,14-16H2,1-2H3,(H2,29,30)(H,31,35). The lowest BCUT2D eigenvalue weighted by atomic mass is 10.0. The number of amides is 2. The van der Waals surface area contributed by atoms with Crippen LogP contribution in [-0.2, 0) is 25.9 Å². The van der Waals surface area contributed by atoms with Gasteiger partial charge in [0, 0.05) is 32.1 Å². The van der Waals surface area contributed by atoms with Crippen LogP contribution in [0.5, 0.6) is 0 Å². The number of aliphatic hydroxyl groups excluding tert-OH is 1. The first-order chi connectivity index (χ1) is 20.0. The monoisotopic (exact) mass is 599 g/mol. The molecule has 1 aromatic heterocycles. The molecule has 0 bridgehead atoms. The molecule has 0 radical (unpaired) electrons. The number of carbonyl (C=O) groups excluding carboxylic acids is 2. The van der Waals surface area contributed by atoms with Crippen molar-refractivity contribution in [3.05, 3.63) is 65.6 Å². The third-order valence-electron chi connectivity index (χ3n) is 7.02. The molecule has 2 aliphatic heterocycles. The van der Waals surface area contributed by atoms with Gasteiger partial charge in [0.05, 0.1) is 17.0 Å². The Morgan fingerprint density at radius 2 is 1.98 bits per heavy atom. The maximum atomic E-state index is 13.8. The zero-order chi connectivity index (χ0) is 30.0. The normalized spacial score (nSPS) is 16.7. The quantitative estimate of drug-likeness (QED) is 0.297. The summed E-state index contributed by atoms with van der Waals surface area (Å²) >= 11 is 0. The molecule has 5 rings (SSSR count). The predicted octanol–water partition coefficient (Wildman–Crippen LogP) is 2.82. The minimum Gasteiger partial charge on any atom is -0.443 e. The second-order valence-corrected chi connectivity index (χ2v) is 12.6. The minimum atomic E-state index is -4.10. The van der Waals surface area contributed by atoms with Crippen molar-refractivity contribution < 1.29 is 37.0 Å². The van der Waals surface area contributed by atoms with Crippen molar-refractivity contribution in [2.24, 2.45) is 5.92 Å². The first-order valence-electron chi connectivity index (χ1n) is 13.5. The lowest BCUT2D eigenvalue weighted by molar-refractivity contribution is 0.0949. The van der Waals surface area contributed by atoms with Gasteiger partial charge in [0.1, 0.15) is 23.6 Å². The molecule has 3 heterocycles. The molecule has 0 spiro atoms. The fraction of sp³-hybridized carbons (Fsp3) is 0.393. The molecule has 1 fully saturated rings. The van der Waals surface area contributed by atoms with E-state index in [1.54, 1.807) is 0 Å². The van der Waals surface area contributed by atoms with E-state index >= 15 is 0 Å². The summed E-state index contributed by atoms with van der Waals surface area (Å²) in [5.41, 5.74) is 7.57. The summed E-state index contributed by atoms with van der Waals surface area (Å²) in [7, 11) is -4.10. The number of rotatable bonds is 11. The smallest absolute Gasteiger partial charge is 0.414 e. The molecular formula is C28H33N5O8S. The van der Waals surface area contributed by atoms with Crippen LogP contribution in [0.15, 0.2) is 69.3 Å². The lowest BCUT2D eigenvalue weighted by Gasteiger charge is -2.30. The van der Waals surface area contributed by atoms with Crippen molar-refractivity contribution >= 4 is 39.3 Å². The number of oxazole rings is 1. The molecule has 42 heavy (non-hydrogen) atoms. The molecule has 2 unspecified atom stereocenters. The number of anilines is 1. The van der Waals surface area contributed by atoms with Gasteiger partial charge in [0.15, 0.2) is 5.58 Å². The molecule has 2 aromatic carbocycles. The van der Waals surface area contributed by atoms with Crippen LogP contribution in [0.1, 0.15) is 25.8 Å². The number of aliphatic hydroxyl groups is 1. The van der Waals surface area contributed by atoms with Gasteiger partial charge in [-0.1, -0.05) is 44.2 Å². The fourth-order valence-corrected chi connectivity index (χ4v) is 6.65. The largest absolute Gasteiger partial charge is 0.443 e. The highest BCUT2D eigenvalue weighted by Crippen LogP contribution is 2.29. The molecule has 0 aliphatic carbocycles. The molecule has 4 N–H and O–H groups in total. The van der Waals surface area contributed by atoms with Crippen LogP contribution in [0.2, 0.25) is 0 Å². The van der Waals surface area contributed by atoms with Crippen molar-refractivity contribution in [3.63, 3.8) is 0 Å². The predicted molar refractivity (Wildman–Crippen MR) is 151 cm³/mol. The van der Waals surface area contributed by atoms with E-state index in [0.29, 0.717) is 29.9 Å². The zero-order valence-corrected chi connectivity index (χ0v) is 24.0. The van der Waals surface area contributed by atoms with Gasteiger partial charge in [0.2, 0.25) is 10.0 Å². The number of ether oxygens (including phenoxy) is 2. The summed E-state index contributed by atoms with van der Waals surface area (Å²) in [6.45, 7) is 3.90. The van der Waals surface area contributed by atoms with Crippen LogP contribution in [0, 0.1) is 5.92 Å². The van der Waals surface area contributed by atoms with Gasteiger partial charge in [-0.25, -0.2) is 18.0 Å². The third kappa shape index (κ3) is 6.35. The number of hydrogen-bond donors (Lipinski definition) is 3. The van der Waals surface area contributed by atoms with E-state index < -0.39 is 34.4 Å². The van der Waals surface area contributed by atoms with Crippen LogP contribution in [-0.4, -0.2) is 78.3 Å². The Hall–Kier alpha value is -4.14. The molecule has 224 valence electrons. The molecule has 0 saturated carbocycles. The average Bonchev–Trinajstić information content (AvgIpc) is 3.63. The molecule has 2 amide bonds. The van der Waals surface area contributed by atoms with Crippen molar-refractivity contribution in [2.75, 3.05) is 32.0 Å². The maximum absolute atomic E-state index is 13.8.